The van der Waals surface area contributed by atoms with Gasteiger partial charge in [-0.2, -0.15) is 10.2 Å². The molecule has 3 aromatic heterocycles. The van der Waals surface area contributed by atoms with Crippen LogP contribution in [0.4, 0.5) is 0 Å². The fraction of sp³-hybridized carbons (Fsp3) is 0.393. The van der Waals surface area contributed by atoms with Gasteiger partial charge in [-0.3, -0.25) is 14.2 Å². The number of hydrogen-bond acceptors (Lipinski definition) is 6. The third-order valence-corrected chi connectivity index (χ3v) is 7.64. The Morgan fingerprint density at radius 3 is 2.30 bits per heavy atom. The zero-order valence-corrected chi connectivity index (χ0v) is 20.9. The smallest absolute Gasteiger partial charge is 0.225 e. The van der Waals surface area contributed by atoms with E-state index in [1.165, 1.54) is 0 Å². The predicted octanol–water partition coefficient (Wildman–Crippen LogP) is 3.73. The Morgan fingerprint density at radius 2 is 1.59 bits per heavy atom. The minimum absolute atomic E-state index is 0.0641. The molecule has 6 rings (SSSR count). The number of benzene rings is 1. The number of aromatic nitrogens is 6. The molecule has 4 aromatic rings. The van der Waals surface area contributed by atoms with Crippen molar-refractivity contribution in [1.82, 2.24) is 34.4 Å². The minimum atomic E-state index is -0.363. The maximum absolute atomic E-state index is 12.8. The van der Waals surface area contributed by atoms with Gasteiger partial charge in [0.2, 0.25) is 5.91 Å². The molecule has 2 fully saturated rings. The molecule has 2 aliphatic rings. The fourth-order valence-corrected chi connectivity index (χ4v) is 5.51. The quantitative estimate of drug-likeness (QED) is 0.451. The number of aryl methyl sites for hydroxylation is 1. The van der Waals surface area contributed by atoms with E-state index in [-0.39, 0.29) is 24.0 Å². The Morgan fingerprint density at radius 1 is 0.865 bits per heavy atom. The number of carbonyl (C=O) groups excluding carboxylic acids is 1. The molecule has 1 saturated carbocycles. The van der Waals surface area contributed by atoms with Gasteiger partial charge >= 0.3 is 0 Å². The van der Waals surface area contributed by atoms with Crippen molar-refractivity contribution in [3.8, 4) is 33.6 Å². The monoisotopic (exact) mass is 497 g/mol. The minimum Gasteiger partial charge on any atom is -0.391 e. The van der Waals surface area contributed by atoms with Crippen LogP contribution in [0, 0.1) is 5.92 Å². The van der Waals surface area contributed by atoms with Crippen molar-refractivity contribution in [3.05, 3.63) is 61.4 Å². The molecule has 1 aromatic carbocycles. The van der Waals surface area contributed by atoms with Crippen molar-refractivity contribution in [2.24, 2.45) is 13.0 Å². The van der Waals surface area contributed by atoms with Gasteiger partial charge in [-0.25, -0.2) is 9.97 Å². The number of aliphatic hydroxyl groups excluding tert-OH is 1. The first-order valence-electron chi connectivity index (χ1n) is 13.0. The van der Waals surface area contributed by atoms with E-state index >= 15 is 0 Å². The van der Waals surface area contributed by atoms with Crippen LogP contribution in [0.5, 0.6) is 0 Å². The summed E-state index contributed by atoms with van der Waals surface area (Å²) in [6.07, 6.45) is 15.4. The molecule has 0 spiro atoms. The molecule has 9 heteroatoms. The second-order valence-electron chi connectivity index (χ2n) is 10.2. The number of amides is 1. The molecule has 1 saturated heterocycles. The molecule has 37 heavy (non-hydrogen) atoms. The number of carbonyl (C=O) groups is 1. The first-order valence-corrected chi connectivity index (χ1v) is 13.0. The lowest BCUT2D eigenvalue weighted by molar-refractivity contribution is -0.136. The molecule has 4 heterocycles. The van der Waals surface area contributed by atoms with E-state index in [4.69, 9.17) is 0 Å². The van der Waals surface area contributed by atoms with Gasteiger partial charge in [-0.1, -0.05) is 18.2 Å². The molecule has 1 N–H and O–H groups in total. The summed E-state index contributed by atoms with van der Waals surface area (Å²) in [5, 5.41) is 18.6. The van der Waals surface area contributed by atoms with E-state index in [2.05, 4.69) is 38.5 Å². The van der Waals surface area contributed by atoms with E-state index in [1.54, 1.807) is 4.68 Å². The van der Waals surface area contributed by atoms with Gasteiger partial charge in [0.1, 0.15) is 0 Å². The second kappa shape index (κ2) is 9.89. The Hall–Kier alpha value is -3.85. The number of nitrogens with zero attached hydrogens (tertiary/aromatic N) is 7. The number of β-amino-alcohol motifs (C(OH)–C–C–N with tert-alkyl or cyclic N) is 1. The Kier molecular flexibility index (Phi) is 6.30. The highest BCUT2D eigenvalue weighted by Crippen LogP contribution is 2.34. The van der Waals surface area contributed by atoms with Gasteiger partial charge < -0.3 is 10.0 Å². The Balaban J connectivity index is 1.10. The highest BCUT2D eigenvalue weighted by atomic mass is 16.3. The molecule has 1 amide bonds. The van der Waals surface area contributed by atoms with Gasteiger partial charge in [0.15, 0.2) is 5.82 Å². The van der Waals surface area contributed by atoms with Crippen molar-refractivity contribution < 1.29 is 9.90 Å². The highest BCUT2D eigenvalue weighted by Gasteiger charge is 2.33. The molecule has 190 valence electrons. The first-order chi connectivity index (χ1) is 18.0. The van der Waals surface area contributed by atoms with E-state index < -0.39 is 0 Å². The summed E-state index contributed by atoms with van der Waals surface area (Å²) in [6.45, 7) is 1.16. The largest absolute Gasteiger partial charge is 0.391 e. The summed E-state index contributed by atoms with van der Waals surface area (Å²) < 4.78 is 3.82. The van der Waals surface area contributed by atoms with Crippen molar-refractivity contribution in [2.45, 2.75) is 44.2 Å². The van der Waals surface area contributed by atoms with Crippen LogP contribution in [0.15, 0.2) is 61.4 Å². The van der Waals surface area contributed by atoms with Crippen LogP contribution in [-0.2, 0) is 11.8 Å². The lowest BCUT2D eigenvalue weighted by Gasteiger charge is -2.30. The number of likely N-dealkylation sites (tertiary alicyclic amines) is 1. The van der Waals surface area contributed by atoms with E-state index in [0.29, 0.717) is 25.3 Å². The zero-order valence-electron chi connectivity index (χ0n) is 20.9. The van der Waals surface area contributed by atoms with Crippen LogP contribution in [-0.4, -0.2) is 64.6 Å². The van der Waals surface area contributed by atoms with Crippen molar-refractivity contribution in [2.75, 3.05) is 13.1 Å². The average molecular weight is 498 g/mol. The average Bonchev–Trinajstić information content (AvgIpc) is 3.70. The summed E-state index contributed by atoms with van der Waals surface area (Å²) in [7, 11) is 1.91. The normalized spacial score (nSPS) is 21.9. The second-order valence-corrected chi connectivity index (χ2v) is 10.2. The standard InChI is InChI=1S/C28H31N7O2/c1-33-16-23(14-31-33)20-3-2-4-21(11-20)27-29-12-22(13-30-27)24-15-32-35(17-24)25-7-5-19(6-8-25)28(37)34-10-9-26(36)18-34/h2-4,11-17,19,25-26,36H,5-10,18H2,1H3/t19-,25-,26-/m0/s1. The Labute approximate surface area is 215 Å². The molecule has 0 unspecified atom stereocenters. The summed E-state index contributed by atoms with van der Waals surface area (Å²) in [5.74, 6) is 0.948. The van der Waals surface area contributed by atoms with Crippen molar-refractivity contribution >= 4 is 5.91 Å². The summed E-state index contributed by atoms with van der Waals surface area (Å²) >= 11 is 0. The van der Waals surface area contributed by atoms with Gasteiger partial charge in [0.05, 0.1) is 24.5 Å². The third-order valence-electron chi connectivity index (χ3n) is 7.64. The topological polar surface area (TPSA) is 102 Å². The van der Waals surface area contributed by atoms with Crippen LogP contribution in [0.25, 0.3) is 33.6 Å². The molecule has 1 atom stereocenters. The van der Waals surface area contributed by atoms with E-state index in [9.17, 15) is 9.90 Å². The first kappa shape index (κ1) is 23.5. The van der Waals surface area contributed by atoms with Crippen LogP contribution < -0.4 is 0 Å². The third kappa shape index (κ3) is 4.91. The number of hydrogen-bond donors (Lipinski definition) is 1. The van der Waals surface area contributed by atoms with Crippen molar-refractivity contribution in [1.29, 1.82) is 0 Å². The summed E-state index contributed by atoms with van der Waals surface area (Å²) in [4.78, 5) is 23.9. The molecule has 1 aliphatic heterocycles. The predicted molar refractivity (Wildman–Crippen MR) is 139 cm³/mol. The molecule has 1 aliphatic carbocycles. The lowest BCUT2D eigenvalue weighted by Crippen LogP contribution is -2.37. The summed E-state index contributed by atoms with van der Waals surface area (Å²) in [5.41, 5.74) is 5.00. The Bertz CT molecular complexity index is 1390. The molecule has 0 radical (unpaired) electrons. The summed E-state index contributed by atoms with van der Waals surface area (Å²) in [6, 6.07) is 8.45. The highest BCUT2D eigenvalue weighted by molar-refractivity contribution is 5.79. The number of rotatable bonds is 5. The zero-order chi connectivity index (χ0) is 25.4. The van der Waals surface area contributed by atoms with Gasteiger partial charge in [0, 0.05) is 73.1 Å². The maximum Gasteiger partial charge on any atom is 0.225 e. The maximum atomic E-state index is 12.8. The van der Waals surface area contributed by atoms with Gasteiger partial charge in [-0.05, 0) is 43.7 Å². The van der Waals surface area contributed by atoms with Gasteiger partial charge in [0.25, 0.3) is 0 Å². The molecular formula is C28H31N7O2. The van der Waals surface area contributed by atoms with Crippen LogP contribution in [0.3, 0.4) is 0 Å². The fourth-order valence-electron chi connectivity index (χ4n) is 5.51. The van der Waals surface area contributed by atoms with Crippen molar-refractivity contribution in [3.63, 3.8) is 0 Å². The van der Waals surface area contributed by atoms with E-state index in [1.807, 2.05) is 59.7 Å². The molecule has 0 bridgehead atoms. The van der Waals surface area contributed by atoms with E-state index in [0.717, 1.165) is 53.5 Å². The number of aliphatic hydroxyl groups is 1. The van der Waals surface area contributed by atoms with Crippen LogP contribution in [0.2, 0.25) is 0 Å². The van der Waals surface area contributed by atoms with Crippen LogP contribution in [0.1, 0.15) is 38.1 Å². The van der Waals surface area contributed by atoms with Gasteiger partial charge in [-0.15, -0.1) is 0 Å². The molecular weight excluding hydrogens is 466 g/mol. The SMILES string of the molecule is Cn1cc(-c2cccc(-c3ncc(-c4cnn([C@H]5CC[C@H](C(=O)N6CC[C@H](O)C6)CC5)c4)cn3)c2)cn1. The van der Waals surface area contributed by atoms with Crippen LogP contribution >= 0.6 is 0 Å². The lowest BCUT2D eigenvalue weighted by atomic mass is 9.85. The molecule has 9 nitrogen and oxygen atoms in total.